The Morgan fingerprint density at radius 1 is 0.600 bits per heavy atom. The number of para-hydroxylation sites is 4. The maximum atomic E-state index is 11.3. The van der Waals surface area contributed by atoms with Crippen LogP contribution in [0.4, 0.5) is 0 Å². The second kappa shape index (κ2) is 10.6. The molecule has 2 aromatic carbocycles. The number of fused-ring (bicyclic) bond motifs is 2. The van der Waals surface area contributed by atoms with E-state index in [0.29, 0.717) is 36.1 Å². The fourth-order valence-electron chi connectivity index (χ4n) is 4.75. The van der Waals surface area contributed by atoms with E-state index < -0.39 is 11.2 Å². The standard InChI is InChI=1S/C26H35N3O6/c30-25(17-32-21-5-1-2-6-22(21)33-18-25)15-28-11-9-27-10-12-29(14-13-28)16-26(31)19-34-23-7-3-4-8-24(23)35-20-26/h1-8,27,30-31H,9-20H2. The molecule has 3 heterocycles. The van der Waals surface area contributed by atoms with E-state index >= 15 is 0 Å². The maximum absolute atomic E-state index is 11.3. The van der Waals surface area contributed by atoms with Gasteiger partial charge in [0.05, 0.1) is 0 Å². The van der Waals surface area contributed by atoms with Crippen molar-refractivity contribution in [3.05, 3.63) is 48.5 Å². The molecule has 0 saturated carbocycles. The maximum Gasteiger partial charge on any atom is 0.161 e. The van der Waals surface area contributed by atoms with Gasteiger partial charge in [0.2, 0.25) is 0 Å². The summed E-state index contributed by atoms with van der Waals surface area (Å²) >= 11 is 0. The number of ether oxygens (including phenoxy) is 4. The molecule has 190 valence electrons. The monoisotopic (exact) mass is 485 g/mol. The van der Waals surface area contributed by atoms with Crippen LogP contribution >= 0.6 is 0 Å². The predicted molar refractivity (Wildman–Crippen MR) is 131 cm³/mol. The fraction of sp³-hybridized carbons (Fsp3) is 0.538. The first kappa shape index (κ1) is 24.1. The van der Waals surface area contributed by atoms with E-state index in [-0.39, 0.29) is 26.4 Å². The summed E-state index contributed by atoms with van der Waals surface area (Å²) < 4.78 is 23.5. The Morgan fingerprint density at radius 2 is 0.943 bits per heavy atom. The van der Waals surface area contributed by atoms with Crippen molar-refractivity contribution >= 4 is 0 Å². The van der Waals surface area contributed by atoms with Gasteiger partial charge in [-0.1, -0.05) is 24.3 Å². The highest BCUT2D eigenvalue weighted by molar-refractivity contribution is 5.41. The van der Waals surface area contributed by atoms with Crippen LogP contribution in [-0.2, 0) is 0 Å². The lowest BCUT2D eigenvalue weighted by molar-refractivity contribution is -0.0597. The number of benzene rings is 2. The van der Waals surface area contributed by atoms with Crippen molar-refractivity contribution < 1.29 is 29.2 Å². The van der Waals surface area contributed by atoms with Crippen LogP contribution in [0.15, 0.2) is 48.5 Å². The molecule has 1 fully saturated rings. The van der Waals surface area contributed by atoms with Crippen LogP contribution in [0.5, 0.6) is 23.0 Å². The first-order chi connectivity index (χ1) is 17.0. The van der Waals surface area contributed by atoms with Gasteiger partial charge < -0.3 is 34.5 Å². The molecule has 0 amide bonds. The lowest BCUT2D eigenvalue weighted by Gasteiger charge is -2.35. The molecular formula is C26H35N3O6. The summed E-state index contributed by atoms with van der Waals surface area (Å²) in [5.74, 6) is 2.63. The molecule has 0 aromatic heterocycles. The molecule has 1 saturated heterocycles. The van der Waals surface area contributed by atoms with Crippen molar-refractivity contribution in [3.63, 3.8) is 0 Å². The van der Waals surface area contributed by atoms with Gasteiger partial charge in [-0.15, -0.1) is 0 Å². The topological polar surface area (TPSA) is 95.9 Å². The van der Waals surface area contributed by atoms with Gasteiger partial charge >= 0.3 is 0 Å². The zero-order valence-electron chi connectivity index (χ0n) is 20.0. The molecule has 9 nitrogen and oxygen atoms in total. The number of nitrogens with zero attached hydrogens (tertiary/aromatic N) is 2. The van der Waals surface area contributed by atoms with Gasteiger partial charge in [0.1, 0.15) is 37.6 Å². The molecular weight excluding hydrogens is 450 g/mol. The summed E-state index contributed by atoms with van der Waals surface area (Å²) in [5.41, 5.74) is -2.24. The second-order valence-electron chi connectivity index (χ2n) is 9.80. The van der Waals surface area contributed by atoms with E-state index in [1.807, 2.05) is 48.5 Å². The molecule has 0 unspecified atom stereocenters. The molecule has 35 heavy (non-hydrogen) atoms. The van der Waals surface area contributed by atoms with Crippen molar-refractivity contribution in [2.45, 2.75) is 11.2 Å². The minimum absolute atomic E-state index is 0.173. The summed E-state index contributed by atoms with van der Waals surface area (Å²) in [6, 6.07) is 15.0. The van der Waals surface area contributed by atoms with Crippen LogP contribution < -0.4 is 24.3 Å². The average molecular weight is 486 g/mol. The highest BCUT2D eigenvalue weighted by atomic mass is 16.6. The summed E-state index contributed by atoms with van der Waals surface area (Å²) in [5, 5.41) is 26.1. The molecule has 3 aliphatic rings. The molecule has 0 aliphatic carbocycles. The first-order valence-electron chi connectivity index (χ1n) is 12.3. The van der Waals surface area contributed by atoms with E-state index in [0.717, 1.165) is 39.3 Å². The smallest absolute Gasteiger partial charge is 0.161 e. The Hall–Kier alpha value is -2.56. The third-order valence-corrected chi connectivity index (χ3v) is 6.66. The van der Waals surface area contributed by atoms with Crippen LogP contribution in [-0.4, -0.2) is 110 Å². The summed E-state index contributed by atoms with van der Waals surface area (Å²) in [7, 11) is 0. The van der Waals surface area contributed by atoms with Gasteiger partial charge in [0.15, 0.2) is 23.0 Å². The highest BCUT2D eigenvalue weighted by Gasteiger charge is 2.37. The van der Waals surface area contributed by atoms with Crippen molar-refractivity contribution in [1.82, 2.24) is 15.1 Å². The van der Waals surface area contributed by atoms with E-state index in [1.165, 1.54) is 0 Å². The Bertz CT molecular complexity index is 858. The SMILES string of the molecule is OC1(CN2CCNCCN(CC3(O)COc4ccccc4OC3)CC2)COc2ccccc2OC1. The molecule has 9 heteroatoms. The number of β-amino-alcohol motifs (C(OH)–C–C–N with tert-alkyl or cyclic N) is 2. The van der Waals surface area contributed by atoms with Crippen LogP contribution in [0.2, 0.25) is 0 Å². The molecule has 5 rings (SSSR count). The minimum Gasteiger partial charge on any atom is -0.487 e. The van der Waals surface area contributed by atoms with Gasteiger partial charge in [-0.3, -0.25) is 9.80 Å². The van der Waals surface area contributed by atoms with Gasteiger partial charge in [-0.2, -0.15) is 0 Å². The molecule has 2 aromatic rings. The van der Waals surface area contributed by atoms with Gasteiger partial charge in [-0.25, -0.2) is 0 Å². The Balaban J connectivity index is 1.18. The molecule has 0 spiro atoms. The number of hydrogen-bond acceptors (Lipinski definition) is 9. The predicted octanol–water partition coefficient (Wildman–Crippen LogP) is 0.599. The molecule has 3 N–H and O–H groups in total. The highest BCUT2D eigenvalue weighted by Crippen LogP contribution is 2.32. The van der Waals surface area contributed by atoms with Gasteiger partial charge in [0, 0.05) is 52.4 Å². The van der Waals surface area contributed by atoms with Crippen LogP contribution in [0, 0.1) is 0 Å². The number of aliphatic hydroxyl groups is 2. The largest absolute Gasteiger partial charge is 0.487 e. The van der Waals surface area contributed by atoms with E-state index in [1.54, 1.807) is 0 Å². The Kier molecular flexibility index (Phi) is 7.31. The normalized spacial score (nSPS) is 22.7. The first-order valence-corrected chi connectivity index (χ1v) is 12.3. The lowest BCUT2D eigenvalue weighted by Crippen LogP contribution is -2.54. The Labute approximate surface area is 206 Å². The zero-order chi connectivity index (χ0) is 24.1. The third-order valence-electron chi connectivity index (χ3n) is 6.66. The van der Waals surface area contributed by atoms with Crippen molar-refractivity contribution in [2.75, 3.05) is 78.8 Å². The molecule has 0 atom stereocenters. The summed E-state index contributed by atoms with van der Waals surface area (Å²) in [6.07, 6.45) is 0. The van der Waals surface area contributed by atoms with Crippen LogP contribution in [0.1, 0.15) is 0 Å². The third kappa shape index (κ3) is 6.17. The van der Waals surface area contributed by atoms with E-state index in [9.17, 15) is 10.2 Å². The van der Waals surface area contributed by atoms with E-state index in [2.05, 4.69) is 15.1 Å². The fourth-order valence-corrected chi connectivity index (χ4v) is 4.75. The summed E-state index contributed by atoms with van der Waals surface area (Å²) in [4.78, 5) is 4.46. The van der Waals surface area contributed by atoms with Gasteiger partial charge in [0.25, 0.3) is 0 Å². The molecule has 0 bridgehead atoms. The average Bonchev–Trinajstić information content (AvgIpc) is 3.08. The minimum atomic E-state index is -1.12. The number of hydrogen-bond donors (Lipinski definition) is 3. The second-order valence-corrected chi connectivity index (χ2v) is 9.80. The van der Waals surface area contributed by atoms with Crippen molar-refractivity contribution in [3.8, 4) is 23.0 Å². The molecule has 3 aliphatic heterocycles. The van der Waals surface area contributed by atoms with Crippen LogP contribution in [0.25, 0.3) is 0 Å². The number of rotatable bonds is 4. The lowest BCUT2D eigenvalue weighted by atomic mass is 10.1. The van der Waals surface area contributed by atoms with E-state index in [4.69, 9.17) is 18.9 Å². The van der Waals surface area contributed by atoms with Crippen molar-refractivity contribution in [2.24, 2.45) is 0 Å². The van der Waals surface area contributed by atoms with Gasteiger partial charge in [-0.05, 0) is 24.3 Å². The van der Waals surface area contributed by atoms with Crippen LogP contribution in [0.3, 0.4) is 0 Å². The zero-order valence-corrected chi connectivity index (χ0v) is 20.0. The summed E-state index contributed by atoms with van der Waals surface area (Å²) in [6.45, 7) is 6.28. The van der Waals surface area contributed by atoms with Crippen molar-refractivity contribution in [1.29, 1.82) is 0 Å². The Morgan fingerprint density at radius 3 is 1.29 bits per heavy atom. The molecule has 0 radical (unpaired) electrons. The number of nitrogens with one attached hydrogen (secondary N) is 1. The quantitative estimate of drug-likeness (QED) is 0.575.